The van der Waals surface area contributed by atoms with Gasteiger partial charge in [0.2, 0.25) is 16.6 Å². The zero-order valence-corrected chi connectivity index (χ0v) is 41.9. The summed E-state index contributed by atoms with van der Waals surface area (Å²) in [4.78, 5) is 0. The summed E-state index contributed by atoms with van der Waals surface area (Å²) in [6.07, 6.45) is 7.31. The Morgan fingerprint density at radius 1 is 0.667 bits per heavy atom. The van der Waals surface area contributed by atoms with Crippen LogP contribution in [0.5, 0.6) is 34.5 Å². The second-order valence-corrected chi connectivity index (χ2v) is 30.0. The predicted molar refractivity (Wildman–Crippen MR) is 240 cm³/mol. The van der Waals surface area contributed by atoms with Crippen LogP contribution in [0.4, 0.5) is 26.3 Å². The van der Waals surface area contributed by atoms with Crippen molar-refractivity contribution >= 4 is 60.1 Å². The fourth-order valence-corrected chi connectivity index (χ4v) is 9.48. The number of phenols is 2. The maximum atomic E-state index is 13.0. The molecule has 0 radical (unpaired) electrons. The molecule has 4 rings (SSSR count). The van der Waals surface area contributed by atoms with E-state index in [1.807, 2.05) is 73.1 Å². The van der Waals surface area contributed by atoms with Crippen molar-refractivity contribution in [3.8, 4) is 34.5 Å². The van der Waals surface area contributed by atoms with Gasteiger partial charge in [-0.25, -0.2) is 0 Å². The lowest BCUT2D eigenvalue weighted by atomic mass is 9.74. The number of phenolic OH excluding ortho intramolecular Hbond substituents is 2. The van der Waals surface area contributed by atoms with Gasteiger partial charge in [-0.05, 0) is 104 Å². The minimum absolute atomic E-state index is 0.0716. The highest BCUT2D eigenvalue weighted by atomic mass is 35.5. The van der Waals surface area contributed by atoms with Crippen molar-refractivity contribution in [3.63, 3.8) is 0 Å². The standard InChI is InChI=1S/C23H35F3O5SSi2.C17H19F3O5S.CH2Cl2/c1-15(2)18-11-10-16(3)12-19(18)22-20(30-33(4,5)6)13-17(14-21(22)31-34(7,8)9)29-32(27,28)23(24,25)26;1-9(2)12-5-4-10(3)6-13(12)16-14(21)7-11(8-15(16)22)25-26(23,24)17(18,19)20;2-1-3/h12-14,18-19H,1,10-11H2,2-9H3;6-8,12-13,21-22H,1,4-5H2,2-3H3;1H2/t18-,19+;12-,13+;/m00./s1. The molecule has 0 saturated heterocycles. The van der Waals surface area contributed by atoms with Crippen LogP contribution in [0.15, 0.2) is 71.9 Å². The summed E-state index contributed by atoms with van der Waals surface area (Å²) in [5.41, 5.74) is -6.37. The average molecular weight is 1010 g/mol. The van der Waals surface area contributed by atoms with Crippen LogP contribution in [0, 0.1) is 11.8 Å². The van der Waals surface area contributed by atoms with E-state index >= 15 is 0 Å². The fraction of sp³-hybridized carbons (Fsp3) is 0.512. The highest BCUT2D eigenvalue weighted by molar-refractivity contribution is 7.88. The molecule has 2 N–H and O–H groups in total. The Kier molecular flexibility index (Phi) is 18.9. The zero-order valence-electron chi connectivity index (χ0n) is 36.7. The Morgan fingerprint density at radius 2 is 0.968 bits per heavy atom. The molecule has 0 bridgehead atoms. The lowest BCUT2D eigenvalue weighted by molar-refractivity contribution is -0.0504. The number of alkyl halides is 8. The van der Waals surface area contributed by atoms with E-state index in [1.165, 1.54) is 17.7 Å². The van der Waals surface area contributed by atoms with Crippen molar-refractivity contribution in [2.24, 2.45) is 11.8 Å². The second kappa shape index (κ2) is 21.3. The Morgan fingerprint density at radius 3 is 1.25 bits per heavy atom. The topological polar surface area (TPSA) is 146 Å². The Hall–Kier alpha value is -3.31. The third kappa shape index (κ3) is 16.0. The van der Waals surface area contributed by atoms with Crippen LogP contribution in [0.3, 0.4) is 0 Å². The van der Waals surface area contributed by atoms with Crippen molar-refractivity contribution < 1.29 is 70.6 Å². The molecule has 10 nitrogen and oxygen atoms in total. The molecule has 2 aromatic carbocycles. The number of allylic oxidation sites excluding steroid dienone is 6. The second-order valence-electron chi connectivity index (χ2n) is 17.3. The third-order valence-electron chi connectivity index (χ3n) is 9.43. The lowest BCUT2D eigenvalue weighted by Crippen LogP contribution is -2.33. The van der Waals surface area contributed by atoms with Crippen molar-refractivity contribution in [1.82, 2.24) is 0 Å². The van der Waals surface area contributed by atoms with Gasteiger partial charge in [0.15, 0.2) is 0 Å². The molecule has 63 heavy (non-hydrogen) atoms. The van der Waals surface area contributed by atoms with Crippen LogP contribution in [0.1, 0.15) is 76.3 Å². The molecular formula is C41H56Cl2F6O10S2Si2. The average Bonchev–Trinajstić information content (AvgIpc) is 3.05. The zero-order chi connectivity index (χ0) is 48.8. The van der Waals surface area contributed by atoms with E-state index in [0.717, 1.165) is 54.5 Å². The van der Waals surface area contributed by atoms with Crippen LogP contribution >= 0.6 is 23.2 Å². The number of hydrogen-bond donors (Lipinski definition) is 2. The van der Waals surface area contributed by atoms with Crippen LogP contribution in [-0.4, -0.2) is 60.0 Å². The first-order valence-electron chi connectivity index (χ1n) is 19.4. The van der Waals surface area contributed by atoms with Gasteiger partial charge in [0, 0.05) is 47.2 Å². The van der Waals surface area contributed by atoms with E-state index in [4.69, 9.17) is 32.1 Å². The summed E-state index contributed by atoms with van der Waals surface area (Å²) in [5.74, 6) is -2.50. The van der Waals surface area contributed by atoms with Gasteiger partial charge in [0.1, 0.15) is 34.5 Å². The van der Waals surface area contributed by atoms with Crippen molar-refractivity contribution in [3.05, 3.63) is 83.0 Å². The summed E-state index contributed by atoms with van der Waals surface area (Å²) in [7, 11) is -16.3. The number of halogens is 8. The summed E-state index contributed by atoms with van der Waals surface area (Å²) in [5, 5.41) is 20.7. The minimum Gasteiger partial charge on any atom is -0.544 e. The Bertz CT molecular complexity index is 2210. The molecule has 356 valence electrons. The molecule has 2 aliphatic carbocycles. The van der Waals surface area contributed by atoms with Gasteiger partial charge in [0.25, 0.3) is 0 Å². The van der Waals surface area contributed by atoms with E-state index < -0.39 is 76.8 Å². The van der Waals surface area contributed by atoms with Gasteiger partial charge in [0.05, 0.1) is 5.34 Å². The molecular weight excluding hydrogens is 958 g/mol. The van der Waals surface area contributed by atoms with Gasteiger partial charge in [-0.3, -0.25) is 0 Å². The van der Waals surface area contributed by atoms with Crippen molar-refractivity contribution in [2.45, 2.75) is 116 Å². The smallest absolute Gasteiger partial charge is 0.534 e. The molecule has 4 atom stereocenters. The number of benzene rings is 2. The molecule has 0 saturated carbocycles. The monoisotopic (exact) mass is 1010 g/mol. The van der Waals surface area contributed by atoms with Gasteiger partial charge in [-0.1, -0.05) is 47.6 Å². The van der Waals surface area contributed by atoms with Crippen LogP contribution in [0.25, 0.3) is 0 Å². The molecule has 0 aromatic heterocycles. The van der Waals surface area contributed by atoms with E-state index in [0.29, 0.717) is 5.56 Å². The predicted octanol–water partition coefficient (Wildman–Crippen LogP) is 13.1. The van der Waals surface area contributed by atoms with Crippen LogP contribution < -0.4 is 17.2 Å². The van der Waals surface area contributed by atoms with Gasteiger partial charge >= 0.3 is 31.3 Å². The molecule has 0 unspecified atom stereocenters. The van der Waals surface area contributed by atoms with E-state index in [-0.39, 0.29) is 40.2 Å². The molecule has 2 aromatic rings. The fourth-order valence-electron chi connectivity index (χ4n) is 6.93. The van der Waals surface area contributed by atoms with Crippen LogP contribution in [-0.2, 0) is 20.2 Å². The van der Waals surface area contributed by atoms with E-state index in [9.17, 15) is 53.4 Å². The number of hydrogen-bond acceptors (Lipinski definition) is 10. The van der Waals surface area contributed by atoms with Crippen molar-refractivity contribution in [1.29, 1.82) is 0 Å². The lowest BCUT2D eigenvalue weighted by Gasteiger charge is -2.35. The van der Waals surface area contributed by atoms with Gasteiger partial charge < -0.3 is 27.4 Å². The first-order chi connectivity index (χ1) is 28.4. The maximum absolute atomic E-state index is 13.0. The summed E-state index contributed by atoms with van der Waals surface area (Å²) in [6.45, 7) is 27.4. The molecule has 0 heterocycles. The summed E-state index contributed by atoms with van der Waals surface area (Å²) in [6, 6.07) is 3.96. The first-order valence-corrected chi connectivity index (χ1v) is 30.1. The van der Waals surface area contributed by atoms with E-state index in [2.05, 4.69) is 27.6 Å². The highest BCUT2D eigenvalue weighted by Crippen LogP contribution is 2.50. The highest BCUT2D eigenvalue weighted by Gasteiger charge is 2.50. The normalized spacial score (nSPS) is 19.8. The minimum atomic E-state index is -5.90. The number of rotatable bonds is 12. The molecule has 0 aliphatic heterocycles. The largest absolute Gasteiger partial charge is 0.544 e. The van der Waals surface area contributed by atoms with Crippen LogP contribution in [0.2, 0.25) is 39.3 Å². The molecule has 0 amide bonds. The van der Waals surface area contributed by atoms with E-state index in [1.54, 1.807) is 0 Å². The molecule has 22 heteroatoms. The first kappa shape index (κ1) is 55.8. The van der Waals surface area contributed by atoms with Gasteiger partial charge in [-0.2, -0.15) is 43.2 Å². The summed E-state index contributed by atoms with van der Waals surface area (Å²) < 4.78 is 143. The maximum Gasteiger partial charge on any atom is 0.534 e. The van der Waals surface area contributed by atoms with Crippen molar-refractivity contribution in [2.75, 3.05) is 5.34 Å². The Balaban J connectivity index is 0.000000420. The molecule has 0 fully saturated rings. The quantitative estimate of drug-likeness (QED) is 0.0526. The summed E-state index contributed by atoms with van der Waals surface area (Å²) >= 11 is 9.53. The molecule has 2 aliphatic rings. The molecule has 0 spiro atoms. The number of aromatic hydroxyl groups is 2. The van der Waals surface area contributed by atoms with Gasteiger partial charge in [-0.15, -0.1) is 23.2 Å². The Labute approximate surface area is 379 Å². The third-order valence-corrected chi connectivity index (χ3v) is 13.0. The SMILES string of the molecule is C=C(C)[C@@H]1CCC(C)=C[C@H]1c1c(O)cc(OS(=O)(=O)C(F)(F)F)cc1O.C=C(C)[C@@H]1CCC(C)=C[C@H]1c1c(O[Si](C)(C)C)cc(OS(=O)(=O)C(F)(F)F)cc1O[Si](C)(C)C.ClCCl.